The Kier molecular flexibility index (Phi) is 5.23. The fourth-order valence-electron chi connectivity index (χ4n) is 3.15. The molecule has 0 saturated carbocycles. The summed E-state index contributed by atoms with van der Waals surface area (Å²) in [5.41, 5.74) is 1.29. The van der Waals surface area contributed by atoms with Gasteiger partial charge in [0.25, 0.3) is 5.91 Å². The first-order valence-electron chi connectivity index (χ1n) is 8.35. The molecule has 1 atom stereocenters. The fraction of sp³-hybridized carbons (Fsp3) is 0.200. The van der Waals surface area contributed by atoms with Crippen LogP contribution in [0.5, 0.6) is 0 Å². The molecular formula is C20H19F2N3OS. The van der Waals surface area contributed by atoms with E-state index >= 15 is 0 Å². The number of rotatable bonds is 3. The van der Waals surface area contributed by atoms with Crippen LogP contribution in [0.4, 0.5) is 14.5 Å². The van der Waals surface area contributed by atoms with Crippen molar-refractivity contribution in [2.75, 3.05) is 19.0 Å². The summed E-state index contributed by atoms with van der Waals surface area (Å²) in [6.45, 7) is 1.72. The minimum atomic E-state index is -1.02. The molecule has 0 aromatic heterocycles. The number of hydrogen-bond acceptors (Lipinski definition) is 2. The lowest BCUT2D eigenvalue weighted by Gasteiger charge is -2.38. The third-order valence-corrected chi connectivity index (χ3v) is 4.72. The van der Waals surface area contributed by atoms with Crippen molar-refractivity contribution < 1.29 is 13.6 Å². The summed E-state index contributed by atoms with van der Waals surface area (Å²) in [6, 6.07) is 11.9. The van der Waals surface area contributed by atoms with Crippen molar-refractivity contribution in [3.05, 3.63) is 77.0 Å². The van der Waals surface area contributed by atoms with Gasteiger partial charge in [-0.25, -0.2) is 8.78 Å². The molecule has 140 valence electrons. The third-order valence-electron chi connectivity index (χ3n) is 4.42. The number of halogens is 2. The summed E-state index contributed by atoms with van der Waals surface area (Å²) in [4.78, 5) is 16.0. The van der Waals surface area contributed by atoms with E-state index in [1.807, 2.05) is 30.3 Å². The van der Waals surface area contributed by atoms with Gasteiger partial charge < -0.3 is 10.2 Å². The second-order valence-electron chi connectivity index (χ2n) is 6.39. The minimum Gasteiger partial charge on any atom is -0.351 e. The van der Waals surface area contributed by atoms with E-state index in [1.165, 1.54) is 23.1 Å². The Morgan fingerprint density at radius 2 is 1.67 bits per heavy atom. The molecule has 3 rings (SSSR count). The number of allylic oxidation sites excluding steroid dienone is 1. The van der Waals surface area contributed by atoms with Gasteiger partial charge in [0.2, 0.25) is 0 Å². The summed E-state index contributed by atoms with van der Waals surface area (Å²) >= 11 is 5.47. The Labute approximate surface area is 162 Å². The van der Waals surface area contributed by atoms with Crippen molar-refractivity contribution in [1.29, 1.82) is 0 Å². The molecule has 1 aliphatic heterocycles. The average Bonchev–Trinajstić information content (AvgIpc) is 2.62. The van der Waals surface area contributed by atoms with Crippen LogP contribution in [0.3, 0.4) is 0 Å². The molecule has 0 aliphatic carbocycles. The number of carbonyl (C=O) groups excluding carboxylic acids is 1. The molecule has 4 nitrogen and oxygen atoms in total. The van der Waals surface area contributed by atoms with Gasteiger partial charge in [-0.1, -0.05) is 24.3 Å². The van der Waals surface area contributed by atoms with Crippen molar-refractivity contribution >= 4 is 28.9 Å². The normalized spacial score (nSPS) is 17.0. The maximum absolute atomic E-state index is 14.5. The Balaban J connectivity index is 2.23. The van der Waals surface area contributed by atoms with Gasteiger partial charge in [-0.3, -0.25) is 9.69 Å². The van der Waals surface area contributed by atoms with E-state index in [-0.39, 0.29) is 22.2 Å². The number of amides is 1. The molecule has 1 amide bonds. The van der Waals surface area contributed by atoms with Gasteiger partial charge in [0.1, 0.15) is 11.6 Å². The maximum atomic E-state index is 14.5. The van der Waals surface area contributed by atoms with E-state index < -0.39 is 17.7 Å². The van der Waals surface area contributed by atoms with Crippen LogP contribution >= 0.6 is 12.2 Å². The van der Waals surface area contributed by atoms with E-state index in [4.69, 9.17) is 12.2 Å². The Morgan fingerprint density at radius 1 is 1.07 bits per heavy atom. The van der Waals surface area contributed by atoms with Gasteiger partial charge in [0.05, 0.1) is 17.2 Å². The van der Waals surface area contributed by atoms with Gasteiger partial charge in [0, 0.05) is 25.5 Å². The topological polar surface area (TPSA) is 35.6 Å². The highest BCUT2D eigenvalue weighted by molar-refractivity contribution is 7.80. The van der Waals surface area contributed by atoms with Crippen LogP contribution in [-0.2, 0) is 4.79 Å². The Hall–Kier alpha value is -2.80. The molecule has 0 fully saturated rings. The van der Waals surface area contributed by atoms with Crippen molar-refractivity contribution in [3.8, 4) is 0 Å². The predicted octanol–water partition coefficient (Wildman–Crippen LogP) is 3.76. The maximum Gasteiger partial charge on any atom is 0.253 e. The summed E-state index contributed by atoms with van der Waals surface area (Å²) in [5.74, 6) is -1.82. The minimum absolute atomic E-state index is 0.225. The van der Waals surface area contributed by atoms with Crippen LogP contribution < -0.4 is 10.2 Å². The SMILES string of the molecule is CC1=C(C(=O)N(C)C)[C@H](c2c(F)cccc2F)NC(=S)N1c1ccccc1. The van der Waals surface area contributed by atoms with E-state index in [0.717, 1.165) is 5.69 Å². The van der Waals surface area contributed by atoms with Crippen molar-refractivity contribution in [2.24, 2.45) is 0 Å². The van der Waals surface area contributed by atoms with Crippen molar-refractivity contribution in [2.45, 2.75) is 13.0 Å². The van der Waals surface area contributed by atoms with Crippen LogP contribution in [0.2, 0.25) is 0 Å². The molecule has 1 aliphatic rings. The quantitative estimate of drug-likeness (QED) is 0.814. The summed E-state index contributed by atoms with van der Waals surface area (Å²) in [6.07, 6.45) is 0. The van der Waals surface area contributed by atoms with Crippen molar-refractivity contribution in [3.63, 3.8) is 0 Å². The second kappa shape index (κ2) is 7.44. The van der Waals surface area contributed by atoms with Crippen LogP contribution in [0, 0.1) is 11.6 Å². The number of nitrogens with one attached hydrogen (secondary N) is 1. The highest BCUT2D eigenvalue weighted by Gasteiger charge is 2.37. The van der Waals surface area contributed by atoms with Gasteiger partial charge in [-0.15, -0.1) is 0 Å². The van der Waals surface area contributed by atoms with E-state index in [0.29, 0.717) is 5.70 Å². The molecule has 0 unspecified atom stereocenters. The molecule has 2 aromatic rings. The smallest absolute Gasteiger partial charge is 0.253 e. The molecule has 27 heavy (non-hydrogen) atoms. The lowest BCUT2D eigenvalue weighted by Crippen LogP contribution is -2.49. The number of carbonyl (C=O) groups is 1. The zero-order valence-electron chi connectivity index (χ0n) is 15.2. The van der Waals surface area contributed by atoms with Gasteiger partial charge in [-0.05, 0) is 43.4 Å². The molecule has 0 spiro atoms. The van der Waals surface area contributed by atoms with Crippen LogP contribution in [0.15, 0.2) is 59.8 Å². The summed E-state index contributed by atoms with van der Waals surface area (Å²) in [5, 5.41) is 3.22. The largest absolute Gasteiger partial charge is 0.351 e. The molecule has 1 heterocycles. The number of nitrogens with zero attached hydrogens (tertiary/aromatic N) is 2. The third kappa shape index (κ3) is 3.42. The molecule has 1 N–H and O–H groups in total. The monoisotopic (exact) mass is 387 g/mol. The summed E-state index contributed by atoms with van der Waals surface area (Å²) in [7, 11) is 3.19. The lowest BCUT2D eigenvalue weighted by molar-refractivity contribution is -0.125. The van der Waals surface area contributed by atoms with Crippen molar-refractivity contribution in [1.82, 2.24) is 10.2 Å². The molecule has 0 saturated heterocycles. The first-order valence-corrected chi connectivity index (χ1v) is 8.75. The van der Waals surface area contributed by atoms with Crippen LogP contribution in [0.1, 0.15) is 18.5 Å². The predicted molar refractivity (Wildman–Crippen MR) is 105 cm³/mol. The van der Waals surface area contributed by atoms with Gasteiger partial charge in [-0.2, -0.15) is 0 Å². The number of likely N-dealkylation sites (N-methyl/N-ethyl adjacent to an activating group) is 1. The highest BCUT2D eigenvalue weighted by atomic mass is 32.1. The lowest BCUT2D eigenvalue weighted by atomic mass is 9.93. The number of anilines is 1. The van der Waals surface area contributed by atoms with E-state index in [1.54, 1.807) is 25.9 Å². The van der Waals surface area contributed by atoms with Crippen LogP contribution in [-0.4, -0.2) is 30.0 Å². The van der Waals surface area contributed by atoms with Gasteiger partial charge in [0.15, 0.2) is 5.11 Å². The molecule has 0 bridgehead atoms. The van der Waals surface area contributed by atoms with E-state index in [9.17, 15) is 13.6 Å². The number of para-hydroxylation sites is 1. The summed E-state index contributed by atoms with van der Waals surface area (Å²) < 4.78 is 28.9. The Morgan fingerprint density at radius 3 is 2.22 bits per heavy atom. The second-order valence-corrected chi connectivity index (χ2v) is 6.77. The highest BCUT2D eigenvalue weighted by Crippen LogP contribution is 2.36. The average molecular weight is 387 g/mol. The molecule has 2 aromatic carbocycles. The molecular weight excluding hydrogens is 368 g/mol. The first-order chi connectivity index (χ1) is 12.8. The Bertz CT molecular complexity index is 908. The molecule has 7 heteroatoms. The number of benzene rings is 2. The fourth-order valence-corrected chi connectivity index (χ4v) is 3.51. The molecule has 0 radical (unpaired) electrons. The zero-order chi connectivity index (χ0) is 19.7. The first kappa shape index (κ1) is 19.0. The standard InChI is InChI=1S/C20H19F2N3OS/c1-12-16(19(26)24(2)3)18(17-14(21)10-7-11-15(17)22)23-20(27)25(12)13-8-5-4-6-9-13/h4-11,18H,1-3H3,(H,23,27)/t18-/m1/s1. The van der Waals surface area contributed by atoms with Crippen LogP contribution in [0.25, 0.3) is 0 Å². The number of hydrogen-bond donors (Lipinski definition) is 1. The van der Waals surface area contributed by atoms with Gasteiger partial charge >= 0.3 is 0 Å². The van der Waals surface area contributed by atoms with E-state index in [2.05, 4.69) is 5.32 Å². The number of thiocarbonyl (C=S) groups is 1. The zero-order valence-corrected chi connectivity index (χ0v) is 16.0.